The van der Waals surface area contributed by atoms with Gasteiger partial charge in [0.2, 0.25) is 0 Å². The summed E-state index contributed by atoms with van der Waals surface area (Å²) in [5.74, 6) is 0.429. The van der Waals surface area contributed by atoms with Crippen LogP contribution in [0.15, 0.2) is 42.7 Å². The first-order valence-electron chi connectivity index (χ1n) is 7.52. The minimum atomic E-state index is 0.183. The quantitative estimate of drug-likeness (QED) is 0.821. The molecule has 22 heavy (non-hydrogen) atoms. The van der Waals surface area contributed by atoms with E-state index in [0.29, 0.717) is 11.0 Å². The van der Waals surface area contributed by atoms with Gasteiger partial charge < -0.3 is 10.6 Å². The summed E-state index contributed by atoms with van der Waals surface area (Å²) in [6, 6.07) is 10.5. The molecule has 0 aliphatic carbocycles. The number of hydrogen-bond donors (Lipinski definition) is 2. The van der Waals surface area contributed by atoms with Crippen LogP contribution in [0.2, 0.25) is 0 Å². The summed E-state index contributed by atoms with van der Waals surface area (Å²) < 4.78 is 0. The lowest BCUT2D eigenvalue weighted by molar-refractivity contribution is 0.471. The van der Waals surface area contributed by atoms with Crippen molar-refractivity contribution in [1.29, 1.82) is 0 Å². The highest BCUT2D eigenvalue weighted by molar-refractivity contribution is 7.80. The van der Waals surface area contributed by atoms with Gasteiger partial charge in [-0.15, -0.1) is 0 Å². The van der Waals surface area contributed by atoms with Gasteiger partial charge in [-0.2, -0.15) is 0 Å². The molecule has 0 fully saturated rings. The van der Waals surface area contributed by atoms with Crippen LogP contribution in [0.25, 0.3) is 0 Å². The summed E-state index contributed by atoms with van der Waals surface area (Å²) in [6.07, 6.45) is 3.49. The molecule has 0 amide bonds. The second kappa shape index (κ2) is 7.36. The lowest BCUT2D eigenvalue weighted by Crippen LogP contribution is -2.35. The number of pyridine rings is 1. The van der Waals surface area contributed by atoms with Gasteiger partial charge in [-0.05, 0) is 55.2 Å². The SMILES string of the molecule is Cc1ccc([C@H](NC(=S)Nc2ccncc2)C(C)C)c(C)c1. The summed E-state index contributed by atoms with van der Waals surface area (Å²) in [7, 11) is 0. The fourth-order valence-electron chi connectivity index (χ4n) is 2.52. The van der Waals surface area contributed by atoms with E-state index < -0.39 is 0 Å². The van der Waals surface area contributed by atoms with Crippen LogP contribution in [-0.4, -0.2) is 10.1 Å². The number of aryl methyl sites for hydroxylation is 2. The Morgan fingerprint density at radius 3 is 2.36 bits per heavy atom. The third-order valence-electron chi connectivity index (χ3n) is 3.65. The van der Waals surface area contributed by atoms with E-state index in [1.165, 1.54) is 16.7 Å². The number of nitrogens with zero attached hydrogens (tertiary/aromatic N) is 1. The van der Waals surface area contributed by atoms with Crippen molar-refractivity contribution in [1.82, 2.24) is 10.3 Å². The topological polar surface area (TPSA) is 37.0 Å². The summed E-state index contributed by atoms with van der Waals surface area (Å²) in [5, 5.41) is 7.28. The van der Waals surface area contributed by atoms with Crippen LogP contribution in [0.1, 0.15) is 36.6 Å². The number of aromatic nitrogens is 1. The van der Waals surface area contributed by atoms with Crippen molar-refractivity contribution in [3.63, 3.8) is 0 Å². The van der Waals surface area contributed by atoms with Crippen molar-refractivity contribution in [2.45, 2.75) is 33.7 Å². The smallest absolute Gasteiger partial charge is 0.171 e. The summed E-state index contributed by atoms with van der Waals surface area (Å²) in [5.41, 5.74) is 4.80. The molecule has 2 aromatic rings. The molecule has 0 saturated heterocycles. The van der Waals surface area contributed by atoms with E-state index in [9.17, 15) is 0 Å². The molecule has 4 heteroatoms. The van der Waals surface area contributed by atoms with Gasteiger partial charge in [0.05, 0.1) is 6.04 Å². The predicted octanol–water partition coefficient (Wildman–Crippen LogP) is 4.38. The van der Waals surface area contributed by atoms with Gasteiger partial charge >= 0.3 is 0 Å². The van der Waals surface area contributed by atoms with Crippen LogP contribution in [0, 0.1) is 19.8 Å². The zero-order chi connectivity index (χ0) is 16.1. The van der Waals surface area contributed by atoms with E-state index in [4.69, 9.17) is 12.2 Å². The molecule has 0 saturated carbocycles. The van der Waals surface area contributed by atoms with E-state index in [1.54, 1.807) is 12.4 Å². The number of rotatable bonds is 4. The summed E-state index contributed by atoms with van der Waals surface area (Å²) in [6.45, 7) is 8.67. The second-order valence-electron chi connectivity index (χ2n) is 5.92. The third-order valence-corrected chi connectivity index (χ3v) is 3.87. The summed E-state index contributed by atoms with van der Waals surface area (Å²) in [4.78, 5) is 4.01. The lowest BCUT2D eigenvalue weighted by atomic mass is 9.92. The fourth-order valence-corrected chi connectivity index (χ4v) is 2.77. The third kappa shape index (κ3) is 4.28. The van der Waals surface area contributed by atoms with Gasteiger partial charge in [-0.3, -0.25) is 4.98 Å². The molecule has 0 unspecified atom stereocenters. The first-order valence-corrected chi connectivity index (χ1v) is 7.93. The molecule has 0 spiro atoms. The van der Waals surface area contributed by atoms with Crippen LogP contribution in [0.4, 0.5) is 5.69 Å². The molecule has 0 aliphatic rings. The van der Waals surface area contributed by atoms with E-state index in [2.05, 4.69) is 61.5 Å². The Kier molecular flexibility index (Phi) is 5.50. The zero-order valence-electron chi connectivity index (χ0n) is 13.6. The van der Waals surface area contributed by atoms with Crippen molar-refractivity contribution in [2.24, 2.45) is 5.92 Å². The Balaban J connectivity index is 2.13. The molecule has 1 atom stereocenters. The highest BCUT2D eigenvalue weighted by Crippen LogP contribution is 2.25. The molecule has 3 nitrogen and oxygen atoms in total. The number of hydrogen-bond acceptors (Lipinski definition) is 2. The van der Waals surface area contributed by atoms with Crippen LogP contribution in [0.5, 0.6) is 0 Å². The maximum absolute atomic E-state index is 5.46. The number of nitrogens with one attached hydrogen (secondary N) is 2. The second-order valence-corrected chi connectivity index (χ2v) is 6.32. The molecule has 0 radical (unpaired) electrons. The molecule has 0 bridgehead atoms. The van der Waals surface area contributed by atoms with E-state index in [0.717, 1.165) is 5.69 Å². The summed E-state index contributed by atoms with van der Waals surface area (Å²) >= 11 is 5.46. The van der Waals surface area contributed by atoms with Gasteiger partial charge in [-0.1, -0.05) is 37.6 Å². The molecule has 1 heterocycles. The molecular formula is C18H23N3S. The Morgan fingerprint density at radius 1 is 1.09 bits per heavy atom. The van der Waals surface area contributed by atoms with Gasteiger partial charge in [0.15, 0.2) is 5.11 Å². The molecule has 116 valence electrons. The minimum absolute atomic E-state index is 0.183. The number of anilines is 1. The van der Waals surface area contributed by atoms with Crippen molar-refractivity contribution in [3.8, 4) is 0 Å². The standard InChI is InChI=1S/C18H23N3S/c1-12(2)17(16-6-5-13(3)11-14(16)4)21-18(22)20-15-7-9-19-10-8-15/h5-12,17H,1-4H3,(H2,19,20,21,22)/t17-/m1/s1. The Hall–Kier alpha value is -1.94. The van der Waals surface area contributed by atoms with Gasteiger partial charge in [0.1, 0.15) is 0 Å². The van der Waals surface area contributed by atoms with Gasteiger partial charge in [-0.25, -0.2) is 0 Å². The lowest BCUT2D eigenvalue weighted by Gasteiger charge is -2.26. The van der Waals surface area contributed by atoms with Crippen LogP contribution >= 0.6 is 12.2 Å². The predicted molar refractivity (Wildman–Crippen MR) is 97.1 cm³/mol. The average molecular weight is 313 g/mol. The monoisotopic (exact) mass is 313 g/mol. The molecular weight excluding hydrogens is 290 g/mol. The maximum Gasteiger partial charge on any atom is 0.171 e. The Bertz CT molecular complexity index is 638. The fraction of sp³-hybridized carbons (Fsp3) is 0.333. The molecule has 1 aromatic carbocycles. The van der Waals surface area contributed by atoms with Crippen LogP contribution in [-0.2, 0) is 0 Å². The van der Waals surface area contributed by atoms with Crippen molar-refractivity contribution < 1.29 is 0 Å². The van der Waals surface area contributed by atoms with Crippen molar-refractivity contribution in [2.75, 3.05) is 5.32 Å². The minimum Gasteiger partial charge on any atom is -0.355 e. The normalized spacial score (nSPS) is 12.0. The van der Waals surface area contributed by atoms with Crippen LogP contribution in [0.3, 0.4) is 0 Å². The number of benzene rings is 1. The largest absolute Gasteiger partial charge is 0.355 e. The maximum atomic E-state index is 5.46. The van der Waals surface area contributed by atoms with Gasteiger partial charge in [0, 0.05) is 18.1 Å². The van der Waals surface area contributed by atoms with E-state index >= 15 is 0 Å². The van der Waals surface area contributed by atoms with Gasteiger partial charge in [0.25, 0.3) is 0 Å². The molecule has 0 aliphatic heterocycles. The molecule has 1 aromatic heterocycles. The van der Waals surface area contributed by atoms with E-state index in [-0.39, 0.29) is 6.04 Å². The van der Waals surface area contributed by atoms with E-state index in [1.807, 2.05) is 12.1 Å². The van der Waals surface area contributed by atoms with Crippen molar-refractivity contribution in [3.05, 3.63) is 59.4 Å². The Morgan fingerprint density at radius 2 is 1.77 bits per heavy atom. The molecule has 2 N–H and O–H groups in total. The molecule has 2 rings (SSSR count). The van der Waals surface area contributed by atoms with Crippen LogP contribution < -0.4 is 10.6 Å². The first kappa shape index (κ1) is 16.4. The Labute approximate surface area is 138 Å². The average Bonchev–Trinajstić information content (AvgIpc) is 2.46. The highest BCUT2D eigenvalue weighted by Gasteiger charge is 2.18. The van der Waals surface area contributed by atoms with Crippen molar-refractivity contribution >= 4 is 23.0 Å². The number of thiocarbonyl (C=S) groups is 1. The highest BCUT2D eigenvalue weighted by atomic mass is 32.1. The zero-order valence-corrected chi connectivity index (χ0v) is 14.4. The first-order chi connectivity index (χ1) is 10.5.